The SMILES string of the molecule is N#Cc1c(N2c3ccccc3Sc3ccccc32)cc(-c2cc(I)ccc2S(=O)(=O)O)cc1N1c2ccccc2S(c2ccccc2)(c2ccccc2)c2ccccc21. The number of para-hydroxylation sites is 4. The average Bonchev–Trinajstić information content (AvgIpc) is 3.27. The van der Waals surface area contributed by atoms with E-state index in [1.54, 1.807) is 23.9 Å². The van der Waals surface area contributed by atoms with Crippen molar-refractivity contribution in [1.82, 2.24) is 0 Å². The van der Waals surface area contributed by atoms with Crippen LogP contribution in [0.25, 0.3) is 11.1 Å². The van der Waals surface area contributed by atoms with Crippen molar-refractivity contribution in [3.05, 3.63) is 197 Å². The summed E-state index contributed by atoms with van der Waals surface area (Å²) in [4.78, 5) is 10.7. The highest BCUT2D eigenvalue weighted by Crippen LogP contribution is 2.79. The number of nitriles is 1. The Hall–Kier alpha value is -5.81. The first kappa shape index (κ1) is 37.5. The average molecular weight is 934 g/mol. The van der Waals surface area contributed by atoms with Gasteiger partial charge in [-0.1, -0.05) is 96.7 Å². The van der Waals surface area contributed by atoms with Gasteiger partial charge in [0.1, 0.15) is 16.5 Å². The van der Waals surface area contributed by atoms with Crippen LogP contribution in [0.2, 0.25) is 0 Å². The highest BCUT2D eigenvalue weighted by atomic mass is 127. The van der Waals surface area contributed by atoms with Crippen molar-refractivity contribution in [2.45, 2.75) is 34.3 Å². The molecule has 0 fully saturated rings. The van der Waals surface area contributed by atoms with Gasteiger partial charge in [0.15, 0.2) is 0 Å². The van der Waals surface area contributed by atoms with Crippen LogP contribution < -0.4 is 9.80 Å². The molecule has 10 heteroatoms. The molecule has 0 atom stereocenters. The lowest BCUT2D eigenvalue weighted by Crippen LogP contribution is -2.23. The topological polar surface area (TPSA) is 84.6 Å². The summed E-state index contributed by atoms with van der Waals surface area (Å²) >= 11 is 3.83. The van der Waals surface area contributed by atoms with Crippen molar-refractivity contribution in [3.63, 3.8) is 0 Å². The fourth-order valence-corrected chi connectivity index (χ4v) is 14.8. The van der Waals surface area contributed by atoms with E-state index in [4.69, 9.17) is 0 Å². The molecule has 1 N–H and O–H groups in total. The minimum Gasteiger partial charge on any atom is -0.307 e. The Morgan fingerprint density at radius 2 is 0.983 bits per heavy atom. The number of anilines is 6. The molecule has 0 radical (unpaired) electrons. The molecule has 6 nitrogen and oxygen atoms in total. The molecule has 0 amide bonds. The maximum atomic E-state index is 13.1. The van der Waals surface area contributed by atoms with Gasteiger partial charge in [0.25, 0.3) is 10.1 Å². The lowest BCUT2D eigenvalue weighted by atomic mass is 9.97. The van der Waals surface area contributed by atoms with E-state index >= 15 is 0 Å². The summed E-state index contributed by atoms with van der Waals surface area (Å²) in [5.74, 6) is 0. The number of fused-ring (bicyclic) bond motifs is 4. The van der Waals surface area contributed by atoms with Crippen LogP contribution in [0.3, 0.4) is 0 Å². The molecule has 59 heavy (non-hydrogen) atoms. The Balaban J connectivity index is 1.35. The van der Waals surface area contributed by atoms with Gasteiger partial charge in [-0.25, -0.2) is 0 Å². The molecule has 0 aliphatic carbocycles. The Morgan fingerprint density at radius 3 is 1.47 bits per heavy atom. The molecule has 2 aliphatic rings. The largest absolute Gasteiger partial charge is 0.307 e. The van der Waals surface area contributed by atoms with Crippen LogP contribution in [-0.2, 0) is 10.1 Å². The van der Waals surface area contributed by atoms with E-state index in [9.17, 15) is 18.2 Å². The van der Waals surface area contributed by atoms with E-state index in [1.165, 1.54) is 15.9 Å². The second-order valence-corrected chi connectivity index (χ2v) is 20.8. The van der Waals surface area contributed by atoms with E-state index < -0.39 is 20.1 Å². The van der Waals surface area contributed by atoms with Crippen LogP contribution in [0.5, 0.6) is 0 Å². The normalized spacial score (nSPS) is 14.3. The van der Waals surface area contributed by atoms with Gasteiger partial charge in [0, 0.05) is 38.5 Å². The molecule has 2 heterocycles. The fraction of sp³-hybridized carbons (Fsp3) is 0. The molecular formula is C49H32IN3O3S3. The fourth-order valence-electron chi connectivity index (χ4n) is 8.35. The standard InChI is InChI=1S/C49H32IN3O3S3/c50-34-27-28-47(59(54,55)56)37(31-34)33-29-43(52-39-19-7-11-23-45(39)57-46-24-12-8-20-40(46)52)38(32-51)44(30-33)53-41-21-9-13-25-48(41)58(35-15-3-1-4-16-35,36-17-5-2-6-18-36)49-26-14-10-22-42(49)53/h1-31H,(H,54,55,56). The molecule has 0 unspecified atom stereocenters. The zero-order chi connectivity index (χ0) is 40.3. The van der Waals surface area contributed by atoms with Crippen molar-refractivity contribution in [3.8, 4) is 17.2 Å². The summed E-state index contributed by atoms with van der Waals surface area (Å²) in [7, 11) is -6.75. The summed E-state index contributed by atoms with van der Waals surface area (Å²) in [5.41, 5.74) is 5.99. The van der Waals surface area contributed by atoms with Crippen LogP contribution in [-0.4, -0.2) is 13.0 Å². The molecule has 0 aromatic heterocycles. The lowest BCUT2D eigenvalue weighted by molar-refractivity contribution is 0.483. The minimum absolute atomic E-state index is 0.217. The molecule has 8 aromatic rings. The molecule has 286 valence electrons. The number of benzene rings is 8. The number of hydrogen-bond acceptors (Lipinski definition) is 6. The quantitative estimate of drug-likeness (QED) is 0.131. The molecule has 10 rings (SSSR count). The number of rotatable bonds is 6. The minimum atomic E-state index is -4.66. The molecule has 0 saturated carbocycles. The summed E-state index contributed by atoms with van der Waals surface area (Å²) in [6, 6.07) is 65.7. The number of nitrogens with zero attached hydrogens (tertiary/aromatic N) is 3. The monoisotopic (exact) mass is 933 g/mol. The van der Waals surface area contributed by atoms with Gasteiger partial charge >= 0.3 is 0 Å². The second kappa shape index (κ2) is 14.8. The maximum Gasteiger partial charge on any atom is 0.295 e. The van der Waals surface area contributed by atoms with E-state index in [-0.39, 0.29) is 4.90 Å². The second-order valence-electron chi connectivity index (χ2n) is 14.0. The van der Waals surface area contributed by atoms with E-state index in [1.807, 2.05) is 72.8 Å². The molecule has 0 spiro atoms. The van der Waals surface area contributed by atoms with Crippen molar-refractivity contribution in [1.29, 1.82) is 5.26 Å². The van der Waals surface area contributed by atoms with Gasteiger partial charge < -0.3 is 9.80 Å². The third-order valence-corrected chi connectivity index (χ3v) is 17.4. The zero-order valence-corrected chi connectivity index (χ0v) is 35.7. The Labute approximate surface area is 362 Å². The van der Waals surface area contributed by atoms with Crippen LogP contribution >= 0.6 is 44.4 Å². The smallest absolute Gasteiger partial charge is 0.295 e. The van der Waals surface area contributed by atoms with Crippen molar-refractivity contribution < 1.29 is 13.0 Å². The summed E-state index contributed by atoms with van der Waals surface area (Å²) in [6.07, 6.45) is 0. The lowest BCUT2D eigenvalue weighted by Gasteiger charge is -2.50. The van der Waals surface area contributed by atoms with Gasteiger partial charge in [-0.05, 0) is 131 Å². The number of halogens is 1. The summed E-state index contributed by atoms with van der Waals surface area (Å²) in [6.45, 7) is 0. The van der Waals surface area contributed by atoms with E-state index in [0.717, 1.165) is 45.9 Å². The third-order valence-electron chi connectivity index (χ3n) is 10.7. The Bertz CT molecular complexity index is 2980. The third kappa shape index (κ3) is 6.07. The molecular weight excluding hydrogens is 902 g/mol. The first-order chi connectivity index (χ1) is 28.8. The molecule has 0 saturated heterocycles. The van der Waals surface area contributed by atoms with Crippen LogP contribution in [0.1, 0.15) is 5.56 Å². The van der Waals surface area contributed by atoms with Crippen molar-refractivity contribution in [2.75, 3.05) is 9.80 Å². The Kier molecular flexibility index (Phi) is 9.38. The highest BCUT2D eigenvalue weighted by Gasteiger charge is 2.43. The van der Waals surface area contributed by atoms with Gasteiger partial charge in [-0.3, -0.25) is 4.55 Å². The predicted molar refractivity (Wildman–Crippen MR) is 246 cm³/mol. The van der Waals surface area contributed by atoms with Gasteiger partial charge in [0.05, 0.1) is 34.1 Å². The maximum absolute atomic E-state index is 13.1. The molecule has 2 aliphatic heterocycles. The van der Waals surface area contributed by atoms with Crippen LogP contribution in [0.15, 0.2) is 222 Å². The van der Waals surface area contributed by atoms with Gasteiger partial charge in [0.2, 0.25) is 0 Å². The number of hydrogen-bond donors (Lipinski definition) is 1. The highest BCUT2D eigenvalue weighted by molar-refractivity contribution is 14.1. The Morgan fingerprint density at radius 1 is 0.542 bits per heavy atom. The zero-order valence-electron chi connectivity index (χ0n) is 31.1. The molecule has 0 bridgehead atoms. The predicted octanol–water partition coefficient (Wildman–Crippen LogP) is 14.1. The van der Waals surface area contributed by atoms with Crippen LogP contribution in [0.4, 0.5) is 34.1 Å². The van der Waals surface area contributed by atoms with Crippen molar-refractivity contribution in [2.24, 2.45) is 0 Å². The summed E-state index contributed by atoms with van der Waals surface area (Å²) < 4.78 is 37.7. The van der Waals surface area contributed by atoms with Gasteiger partial charge in [-0.15, -0.1) is 10.0 Å². The van der Waals surface area contributed by atoms with E-state index in [0.29, 0.717) is 28.1 Å². The van der Waals surface area contributed by atoms with Gasteiger partial charge in [-0.2, -0.15) is 13.7 Å². The first-order valence-electron chi connectivity index (χ1n) is 18.7. The summed E-state index contributed by atoms with van der Waals surface area (Å²) in [5, 5.41) is 11.6. The molecule has 8 aromatic carbocycles. The first-order valence-corrected chi connectivity index (χ1v) is 23.7. The van der Waals surface area contributed by atoms with Crippen LogP contribution in [0, 0.1) is 14.9 Å². The van der Waals surface area contributed by atoms with E-state index in [2.05, 4.69) is 136 Å². The van der Waals surface area contributed by atoms with Crippen molar-refractivity contribution >= 4 is 88.6 Å².